The van der Waals surface area contributed by atoms with Gasteiger partial charge in [0.25, 0.3) is 0 Å². The van der Waals surface area contributed by atoms with Crippen LogP contribution in [0.25, 0.3) is 0 Å². The van der Waals surface area contributed by atoms with Gasteiger partial charge in [-0.15, -0.1) is 0 Å². The third-order valence-corrected chi connectivity index (χ3v) is 3.85. The number of hydrogen-bond acceptors (Lipinski definition) is 3. The monoisotopic (exact) mass is 284 g/mol. The van der Waals surface area contributed by atoms with Gasteiger partial charge in [-0.25, -0.2) is 4.79 Å². The minimum Gasteiger partial charge on any atom is -0.444 e. The van der Waals surface area contributed by atoms with Crippen LogP contribution in [-0.4, -0.2) is 30.8 Å². The summed E-state index contributed by atoms with van der Waals surface area (Å²) in [6.45, 7) is 12.0. The third kappa shape index (κ3) is 7.13. The zero-order chi connectivity index (χ0) is 15.2. The van der Waals surface area contributed by atoms with E-state index in [1.807, 2.05) is 20.8 Å². The first-order chi connectivity index (χ1) is 9.35. The molecule has 2 N–H and O–H groups in total. The Morgan fingerprint density at radius 2 is 1.80 bits per heavy atom. The van der Waals surface area contributed by atoms with E-state index in [9.17, 15) is 4.79 Å². The molecule has 0 radical (unpaired) electrons. The molecule has 0 spiro atoms. The van der Waals surface area contributed by atoms with E-state index >= 15 is 0 Å². The van der Waals surface area contributed by atoms with Crippen molar-refractivity contribution in [1.29, 1.82) is 0 Å². The number of hydrogen-bond donors (Lipinski definition) is 2. The fourth-order valence-electron chi connectivity index (χ4n) is 2.31. The van der Waals surface area contributed by atoms with Gasteiger partial charge in [0.15, 0.2) is 0 Å². The maximum Gasteiger partial charge on any atom is 0.407 e. The molecule has 1 saturated carbocycles. The first-order valence-corrected chi connectivity index (χ1v) is 8.06. The third-order valence-electron chi connectivity index (χ3n) is 3.85. The topological polar surface area (TPSA) is 50.4 Å². The van der Waals surface area contributed by atoms with Crippen LogP contribution in [0.4, 0.5) is 4.79 Å². The number of ether oxygens (including phenoxy) is 1. The van der Waals surface area contributed by atoms with E-state index in [1.165, 1.54) is 25.7 Å². The number of amides is 1. The van der Waals surface area contributed by atoms with Crippen molar-refractivity contribution >= 4 is 6.09 Å². The van der Waals surface area contributed by atoms with Crippen molar-refractivity contribution in [2.24, 2.45) is 11.8 Å². The Morgan fingerprint density at radius 1 is 1.20 bits per heavy atom. The summed E-state index contributed by atoms with van der Waals surface area (Å²) in [5, 5.41) is 6.53. The summed E-state index contributed by atoms with van der Waals surface area (Å²) < 4.78 is 5.34. The van der Waals surface area contributed by atoms with E-state index in [0.29, 0.717) is 5.92 Å². The Kier molecular flexibility index (Phi) is 6.80. The molecule has 1 amide bonds. The van der Waals surface area contributed by atoms with Crippen LogP contribution in [0.5, 0.6) is 0 Å². The normalized spacial score (nSPS) is 17.1. The molecule has 0 saturated heterocycles. The molecule has 0 aromatic carbocycles. The first kappa shape index (κ1) is 17.3. The van der Waals surface area contributed by atoms with E-state index in [1.54, 1.807) is 0 Å². The molecular formula is C16H32N2O2. The standard InChI is InChI=1S/C16H32N2O2/c1-6-12(7-2)10-17-11-14(13-8-9-13)18-15(19)20-16(3,4)5/h12-14,17H,6-11H2,1-5H3,(H,18,19). The molecule has 4 nitrogen and oxygen atoms in total. The minimum atomic E-state index is -0.429. The second-order valence-electron chi connectivity index (χ2n) is 6.93. The van der Waals surface area contributed by atoms with E-state index < -0.39 is 5.60 Å². The lowest BCUT2D eigenvalue weighted by Gasteiger charge is -2.24. The molecule has 0 bridgehead atoms. The van der Waals surface area contributed by atoms with Crippen molar-refractivity contribution in [3.05, 3.63) is 0 Å². The van der Waals surface area contributed by atoms with Gasteiger partial charge in [0, 0.05) is 12.6 Å². The fourth-order valence-corrected chi connectivity index (χ4v) is 2.31. The molecule has 0 heterocycles. The van der Waals surface area contributed by atoms with E-state index in [-0.39, 0.29) is 12.1 Å². The van der Waals surface area contributed by atoms with Crippen LogP contribution in [0.2, 0.25) is 0 Å². The maximum absolute atomic E-state index is 11.8. The van der Waals surface area contributed by atoms with Gasteiger partial charge in [-0.2, -0.15) is 0 Å². The highest BCUT2D eigenvalue weighted by Gasteiger charge is 2.33. The highest BCUT2D eigenvalue weighted by atomic mass is 16.6. The van der Waals surface area contributed by atoms with Gasteiger partial charge in [0.2, 0.25) is 0 Å². The molecule has 1 fully saturated rings. The van der Waals surface area contributed by atoms with Crippen LogP contribution in [0, 0.1) is 11.8 Å². The van der Waals surface area contributed by atoms with Crippen LogP contribution in [-0.2, 0) is 4.74 Å². The molecule has 1 unspecified atom stereocenters. The molecular weight excluding hydrogens is 252 g/mol. The van der Waals surface area contributed by atoms with Gasteiger partial charge in [0.05, 0.1) is 0 Å². The smallest absolute Gasteiger partial charge is 0.407 e. The SMILES string of the molecule is CCC(CC)CNCC(NC(=O)OC(C)(C)C)C1CC1. The summed E-state index contributed by atoms with van der Waals surface area (Å²) >= 11 is 0. The molecule has 0 aliphatic heterocycles. The summed E-state index contributed by atoms with van der Waals surface area (Å²) in [5.74, 6) is 1.35. The lowest BCUT2D eigenvalue weighted by Crippen LogP contribution is -2.46. The van der Waals surface area contributed by atoms with Crippen molar-refractivity contribution in [1.82, 2.24) is 10.6 Å². The van der Waals surface area contributed by atoms with Crippen LogP contribution in [0.1, 0.15) is 60.3 Å². The zero-order valence-electron chi connectivity index (χ0n) is 13.8. The molecule has 0 aromatic heterocycles. The van der Waals surface area contributed by atoms with Crippen LogP contribution < -0.4 is 10.6 Å². The summed E-state index contributed by atoms with van der Waals surface area (Å²) in [7, 11) is 0. The van der Waals surface area contributed by atoms with Gasteiger partial charge >= 0.3 is 6.09 Å². The average Bonchev–Trinajstić information content (AvgIpc) is 3.15. The van der Waals surface area contributed by atoms with Crippen molar-refractivity contribution in [2.45, 2.75) is 71.9 Å². The summed E-state index contributed by atoms with van der Waals surface area (Å²) in [6, 6.07) is 0.208. The summed E-state index contributed by atoms with van der Waals surface area (Å²) in [6.07, 6.45) is 4.55. The van der Waals surface area contributed by atoms with E-state index in [2.05, 4.69) is 24.5 Å². The number of nitrogens with one attached hydrogen (secondary N) is 2. The first-order valence-electron chi connectivity index (χ1n) is 8.06. The van der Waals surface area contributed by atoms with E-state index in [4.69, 9.17) is 4.74 Å². The lowest BCUT2D eigenvalue weighted by atomic mass is 10.0. The summed E-state index contributed by atoms with van der Waals surface area (Å²) in [4.78, 5) is 11.8. The Labute approximate surface area is 124 Å². The molecule has 118 valence electrons. The second kappa shape index (κ2) is 7.87. The highest BCUT2D eigenvalue weighted by molar-refractivity contribution is 5.68. The average molecular weight is 284 g/mol. The predicted molar refractivity (Wildman–Crippen MR) is 82.8 cm³/mol. The zero-order valence-corrected chi connectivity index (χ0v) is 13.8. The molecule has 1 rings (SSSR count). The number of carbonyl (C=O) groups is 1. The van der Waals surface area contributed by atoms with Crippen molar-refractivity contribution < 1.29 is 9.53 Å². The maximum atomic E-state index is 11.8. The fraction of sp³-hybridized carbons (Fsp3) is 0.938. The Hall–Kier alpha value is -0.770. The molecule has 1 atom stereocenters. The Balaban J connectivity index is 2.32. The minimum absolute atomic E-state index is 0.208. The quantitative estimate of drug-likeness (QED) is 0.719. The Morgan fingerprint density at radius 3 is 2.25 bits per heavy atom. The van der Waals surface area contributed by atoms with Gasteiger partial charge in [0.1, 0.15) is 5.60 Å². The van der Waals surface area contributed by atoms with E-state index in [0.717, 1.165) is 19.0 Å². The number of alkyl carbamates (subject to hydrolysis) is 1. The number of carbonyl (C=O) groups excluding carboxylic acids is 1. The molecule has 0 aromatic rings. The van der Waals surface area contributed by atoms with Crippen LogP contribution >= 0.6 is 0 Å². The molecule has 1 aliphatic rings. The predicted octanol–water partition coefficient (Wildman–Crippen LogP) is 3.32. The largest absolute Gasteiger partial charge is 0.444 e. The van der Waals surface area contributed by atoms with Gasteiger partial charge in [-0.05, 0) is 52.0 Å². The molecule has 4 heteroatoms. The van der Waals surface area contributed by atoms with Crippen molar-refractivity contribution in [3.8, 4) is 0 Å². The van der Waals surface area contributed by atoms with Gasteiger partial charge in [-0.1, -0.05) is 26.7 Å². The lowest BCUT2D eigenvalue weighted by molar-refractivity contribution is 0.0497. The second-order valence-corrected chi connectivity index (χ2v) is 6.93. The van der Waals surface area contributed by atoms with Gasteiger partial charge < -0.3 is 15.4 Å². The summed E-state index contributed by atoms with van der Waals surface area (Å²) in [5.41, 5.74) is -0.429. The number of rotatable bonds is 8. The van der Waals surface area contributed by atoms with Crippen LogP contribution in [0.15, 0.2) is 0 Å². The van der Waals surface area contributed by atoms with Crippen molar-refractivity contribution in [2.75, 3.05) is 13.1 Å². The highest BCUT2D eigenvalue weighted by Crippen LogP contribution is 2.32. The molecule has 20 heavy (non-hydrogen) atoms. The van der Waals surface area contributed by atoms with Gasteiger partial charge in [-0.3, -0.25) is 0 Å². The van der Waals surface area contributed by atoms with Crippen LogP contribution in [0.3, 0.4) is 0 Å². The van der Waals surface area contributed by atoms with Crippen molar-refractivity contribution in [3.63, 3.8) is 0 Å². The Bertz CT molecular complexity index is 291. The molecule has 1 aliphatic carbocycles.